The second kappa shape index (κ2) is 3.69. The molecule has 1 heteroatoms. The first-order valence-corrected chi connectivity index (χ1v) is 5.73. The molecule has 0 spiro atoms. The zero-order valence-electron chi connectivity index (χ0n) is 10.5. The van der Waals surface area contributed by atoms with Gasteiger partial charge in [-0.2, -0.15) is 0 Å². The summed E-state index contributed by atoms with van der Waals surface area (Å²) in [5.41, 5.74) is 9.48. The predicted octanol–water partition coefficient (Wildman–Crippen LogP) is 3.35. The molecule has 1 aliphatic rings. The lowest BCUT2D eigenvalue weighted by Gasteiger charge is -2.30. The summed E-state index contributed by atoms with van der Waals surface area (Å²) >= 11 is 0. The van der Waals surface area contributed by atoms with Crippen molar-refractivity contribution < 1.29 is 0 Å². The normalized spacial score (nSPS) is 33.0. The van der Waals surface area contributed by atoms with Crippen LogP contribution < -0.4 is 5.73 Å². The summed E-state index contributed by atoms with van der Waals surface area (Å²) in [4.78, 5) is 0. The Labute approximate surface area is 88.8 Å². The van der Waals surface area contributed by atoms with Gasteiger partial charge in [-0.25, -0.2) is 0 Å². The van der Waals surface area contributed by atoms with Crippen LogP contribution in [0.1, 0.15) is 48.0 Å². The predicted molar refractivity (Wildman–Crippen MR) is 63.1 cm³/mol. The lowest BCUT2D eigenvalue weighted by atomic mass is 9.79. The molecule has 0 bridgehead atoms. The summed E-state index contributed by atoms with van der Waals surface area (Å²) in [5, 5.41) is 0. The highest BCUT2D eigenvalue weighted by molar-refractivity contribution is 5.24. The van der Waals surface area contributed by atoms with Crippen LogP contribution in [0, 0.1) is 17.8 Å². The zero-order valence-corrected chi connectivity index (χ0v) is 10.5. The van der Waals surface area contributed by atoms with Gasteiger partial charge in [0.25, 0.3) is 0 Å². The summed E-state index contributed by atoms with van der Waals surface area (Å²) in [6, 6.07) is 0. The molecule has 2 N–H and O–H groups in total. The Balaban J connectivity index is 2.93. The van der Waals surface area contributed by atoms with Crippen molar-refractivity contribution in [1.82, 2.24) is 0 Å². The van der Waals surface area contributed by atoms with Crippen molar-refractivity contribution in [2.24, 2.45) is 23.5 Å². The Morgan fingerprint density at radius 1 is 1.29 bits per heavy atom. The van der Waals surface area contributed by atoms with Gasteiger partial charge in [-0.05, 0) is 39.0 Å². The Morgan fingerprint density at radius 2 is 1.71 bits per heavy atom. The molecule has 14 heavy (non-hydrogen) atoms. The third-order valence-corrected chi connectivity index (χ3v) is 3.92. The fraction of sp³-hybridized carbons (Fsp3) is 0.846. The molecule has 0 aromatic rings. The summed E-state index contributed by atoms with van der Waals surface area (Å²) in [6.07, 6.45) is 1.19. The smallest absolute Gasteiger partial charge is 0.0252 e. The lowest BCUT2D eigenvalue weighted by molar-refractivity contribution is 0.334. The van der Waals surface area contributed by atoms with Crippen molar-refractivity contribution in [3.8, 4) is 0 Å². The largest absolute Gasteiger partial charge is 0.324 e. The van der Waals surface area contributed by atoms with Crippen molar-refractivity contribution in [3.05, 3.63) is 11.1 Å². The van der Waals surface area contributed by atoms with Crippen LogP contribution in [0.15, 0.2) is 11.1 Å². The van der Waals surface area contributed by atoms with Crippen LogP contribution in [0.5, 0.6) is 0 Å². The Hall–Kier alpha value is -0.300. The Bertz CT molecular complexity index is 248. The number of hydrogen-bond donors (Lipinski definition) is 1. The minimum absolute atomic E-state index is 0.0928. The molecular formula is C13H25N. The van der Waals surface area contributed by atoms with Crippen LogP contribution >= 0.6 is 0 Å². The minimum atomic E-state index is 0.0928. The molecule has 1 saturated carbocycles. The van der Waals surface area contributed by atoms with E-state index in [9.17, 15) is 0 Å². The maximum absolute atomic E-state index is 6.44. The Morgan fingerprint density at radius 3 is 1.93 bits per heavy atom. The number of hydrogen-bond acceptors (Lipinski definition) is 1. The molecule has 1 aliphatic carbocycles. The first kappa shape index (κ1) is 11.8. The molecule has 0 aromatic carbocycles. The van der Waals surface area contributed by atoms with Crippen LogP contribution in [0.2, 0.25) is 0 Å². The van der Waals surface area contributed by atoms with Gasteiger partial charge in [0.05, 0.1) is 0 Å². The highest BCUT2D eigenvalue weighted by atomic mass is 14.9. The van der Waals surface area contributed by atoms with Crippen molar-refractivity contribution in [2.45, 2.75) is 53.5 Å². The van der Waals surface area contributed by atoms with Gasteiger partial charge in [0.1, 0.15) is 0 Å². The molecule has 0 aliphatic heterocycles. The highest BCUT2D eigenvalue weighted by Crippen LogP contribution is 2.51. The topological polar surface area (TPSA) is 26.0 Å². The van der Waals surface area contributed by atoms with Crippen LogP contribution in [0.4, 0.5) is 0 Å². The van der Waals surface area contributed by atoms with Gasteiger partial charge >= 0.3 is 0 Å². The summed E-state index contributed by atoms with van der Waals surface area (Å²) in [6.45, 7) is 13.5. The molecule has 1 fully saturated rings. The molecule has 0 amide bonds. The van der Waals surface area contributed by atoms with E-state index in [1.165, 1.54) is 17.6 Å². The first-order valence-electron chi connectivity index (χ1n) is 5.73. The first-order chi connectivity index (χ1) is 6.30. The van der Waals surface area contributed by atoms with Crippen molar-refractivity contribution in [1.29, 1.82) is 0 Å². The molecular weight excluding hydrogens is 170 g/mol. The van der Waals surface area contributed by atoms with E-state index in [4.69, 9.17) is 5.73 Å². The van der Waals surface area contributed by atoms with Crippen LogP contribution in [0.25, 0.3) is 0 Å². The molecule has 0 heterocycles. The second-order valence-electron chi connectivity index (χ2n) is 5.62. The van der Waals surface area contributed by atoms with E-state index >= 15 is 0 Å². The third kappa shape index (κ3) is 1.88. The third-order valence-electron chi connectivity index (χ3n) is 3.92. The molecule has 3 atom stereocenters. The Kier molecular flexibility index (Phi) is 3.10. The monoisotopic (exact) mass is 195 g/mol. The zero-order chi connectivity index (χ0) is 11.1. The SMILES string of the molecule is CC(C)=C(C)C(C(C)C)C1(N)CC1C. The summed E-state index contributed by atoms with van der Waals surface area (Å²) in [7, 11) is 0. The lowest BCUT2D eigenvalue weighted by Crippen LogP contribution is -2.38. The fourth-order valence-corrected chi connectivity index (χ4v) is 2.74. The van der Waals surface area contributed by atoms with Crippen molar-refractivity contribution in [3.63, 3.8) is 0 Å². The second-order valence-corrected chi connectivity index (χ2v) is 5.62. The highest BCUT2D eigenvalue weighted by Gasteiger charge is 2.54. The van der Waals surface area contributed by atoms with Crippen LogP contribution in [0.3, 0.4) is 0 Å². The van der Waals surface area contributed by atoms with Crippen molar-refractivity contribution >= 4 is 0 Å². The summed E-state index contributed by atoms with van der Waals surface area (Å²) in [5.74, 6) is 1.92. The van der Waals surface area contributed by atoms with E-state index in [0.29, 0.717) is 17.8 Å². The maximum atomic E-state index is 6.44. The number of rotatable bonds is 3. The standard InChI is InChI=1S/C13H25N/c1-8(2)11(6)12(9(3)4)13(14)7-10(13)5/h9-10,12H,7,14H2,1-6H3. The number of allylic oxidation sites excluding steroid dienone is 1. The maximum Gasteiger partial charge on any atom is 0.0252 e. The van der Waals surface area contributed by atoms with Gasteiger partial charge in [0, 0.05) is 11.5 Å². The minimum Gasteiger partial charge on any atom is -0.324 e. The van der Waals surface area contributed by atoms with E-state index < -0.39 is 0 Å². The van der Waals surface area contributed by atoms with Crippen molar-refractivity contribution in [2.75, 3.05) is 0 Å². The van der Waals surface area contributed by atoms with Gasteiger partial charge in [0.15, 0.2) is 0 Å². The van der Waals surface area contributed by atoms with Gasteiger partial charge in [-0.15, -0.1) is 0 Å². The number of nitrogens with two attached hydrogens (primary N) is 1. The molecule has 0 radical (unpaired) electrons. The average Bonchev–Trinajstić information content (AvgIpc) is 2.58. The fourth-order valence-electron chi connectivity index (χ4n) is 2.74. The molecule has 0 aromatic heterocycles. The van der Waals surface area contributed by atoms with E-state index in [1.807, 2.05) is 0 Å². The molecule has 0 saturated heterocycles. The van der Waals surface area contributed by atoms with E-state index in [2.05, 4.69) is 41.5 Å². The van der Waals surface area contributed by atoms with Gasteiger partial charge in [0.2, 0.25) is 0 Å². The molecule has 3 unspecified atom stereocenters. The van der Waals surface area contributed by atoms with Crippen LogP contribution in [-0.2, 0) is 0 Å². The quantitative estimate of drug-likeness (QED) is 0.687. The average molecular weight is 195 g/mol. The van der Waals surface area contributed by atoms with E-state index in [1.54, 1.807) is 0 Å². The van der Waals surface area contributed by atoms with Gasteiger partial charge < -0.3 is 5.73 Å². The van der Waals surface area contributed by atoms with Crippen LogP contribution in [-0.4, -0.2) is 5.54 Å². The van der Waals surface area contributed by atoms with Gasteiger partial charge in [-0.3, -0.25) is 0 Å². The molecule has 82 valence electrons. The summed E-state index contributed by atoms with van der Waals surface area (Å²) < 4.78 is 0. The van der Waals surface area contributed by atoms with E-state index in [-0.39, 0.29) is 5.54 Å². The van der Waals surface area contributed by atoms with E-state index in [0.717, 1.165) is 0 Å². The molecule has 1 rings (SSSR count). The molecule has 1 nitrogen and oxygen atoms in total. The van der Waals surface area contributed by atoms with Gasteiger partial charge in [-0.1, -0.05) is 31.9 Å².